The van der Waals surface area contributed by atoms with Crippen LogP contribution in [0.3, 0.4) is 0 Å². The molecule has 0 amide bonds. The Morgan fingerprint density at radius 3 is 3.00 bits per heavy atom. The van der Waals surface area contributed by atoms with Gasteiger partial charge in [0.05, 0.1) is 18.2 Å². The number of aliphatic hydroxyl groups excluding tert-OH is 1. The largest absolute Gasteiger partial charge is 0.417 e. The van der Waals surface area contributed by atoms with Crippen molar-refractivity contribution in [2.24, 2.45) is 5.73 Å². The first-order valence-corrected chi connectivity index (χ1v) is 4.65. The summed E-state index contributed by atoms with van der Waals surface area (Å²) in [4.78, 5) is 25.0. The van der Waals surface area contributed by atoms with Crippen molar-refractivity contribution in [1.29, 1.82) is 0 Å². The Labute approximate surface area is 89.7 Å². The van der Waals surface area contributed by atoms with E-state index in [-0.39, 0.29) is 0 Å². The third-order valence-electron chi connectivity index (χ3n) is 2.24. The van der Waals surface area contributed by atoms with E-state index in [1.165, 1.54) is 12.1 Å². The van der Waals surface area contributed by atoms with Crippen LogP contribution in [0.4, 0.5) is 0 Å². The van der Waals surface area contributed by atoms with Crippen molar-refractivity contribution in [2.45, 2.75) is 6.04 Å². The van der Waals surface area contributed by atoms with Crippen LogP contribution in [0.1, 0.15) is 10.4 Å². The highest BCUT2D eigenvalue weighted by molar-refractivity contribution is 6.02. The van der Waals surface area contributed by atoms with E-state index in [0.717, 1.165) is 0 Å². The number of ketones is 1. The van der Waals surface area contributed by atoms with Gasteiger partial charge in [0.25, 0.3) is 0 Å². The highest BCUT2D eigenvalue weighted by Gasteiger charge is 2.15. The first kappa shape index (κ1) is 10.6. The van der Waals surface area contributed by atoms with Crippen LogP contribution in [0.2, 0.25) is 0 Å². The van der Waals surface area contributed by atoms with Gasteiger partial charge in [-0.3, -0.25) is 9.78 Å². The quantitative estimate of drug-likeness (QED) is 0.613. The molecule has 0 spiro atoms. The van der Waals surface area contributed by atoms with Gasteiger partial charge in [-0.2, -0.15) is 0 Å². The Hall–Kier alpha value is -1.92. The smallest absolute Gasteiger partial charge is 0.408 e. The predicted octanol–water partition coefficient (Wildman–Crippen LogP) is -0.377. The molecular formula is C10H10N2O4. The minimum absolute atomic E-state index is 0.293. The minimum Gasteiger partial charge on any atom is -0.408 e. The lowest BCUT2D eigenvalue weighted by Crippen LogP contribution is -2.33. The van der Waals surface area contributed by atoms with Gasteiger partial charge < -0.3 is 15.3 Å². The van der Waals surface area contributed by atoms with E-state index < -0.39 is 24.2 Å². The molecule has 16 heavy (non-hydrogen) atoms. The lowest BCUT2D eigenvalue weighted by atomic mass is 10.1. The van der Waals surface area contributed by atoms with Crippen molar-refractivity contribution in [3.63, 3.8) is 0 Å². The van der Waals surface area contributed by atoms with Gasteiger partial charge in [0, 0.05) is 5.56 Å². The monoisotopic (exact) mass is 222 g/mol. The predicted molar refractivity (Wildman–Crippen MR) is 56.2 cm³/mol. The van der Waals surface area contributed by atoms with E-state index in [1.807, 2.05) is 0 Å². The number of aromatic nitrogens is 1. The van der Waals surface area contributed by atoms with Gasteiger partial charge in [-0.15, -0.1) is 0 Å². The number of H-pyrrole nitrogens is 1. The summed E-state index contributed by atoms with van der Waals surface area (Å²) in [7, 11) is 0. The van der Waals surface area contributed by atoms with Crippen molar-refractivity contribution in [1.82, 2.24) is 4.98 Å². The van der Waals surface area contributed by atoms with Crippen LogP contribution in [-0.2, 0) is 0 Å². The molecule has 2 rings (SSSR count). The van der Waals surface area contributed by atoms with Crippen molar-refractivity contribution < 1.29 is 14.3 Å². The lowest BCUT2D eigenvalue weighted by molar-refractivity contribution is 0.0925. The Morgan fingerprint density at radius 2 is 2.31 bits per heavy atom. The van der Waals surface area contributed by atoms with E-state index in [0.29, 0.717) is 16.7 Å². The zero-order valence-electron chi connectivity index (χ0n) is 8.27. The SMILES string of the molecule is NC(CO)C(=O)c1ccc2[nH]c(=O)oc2c1. The fourth-order valence-corrected chi connectivity index (χ4v) is 1.40. The second-order valence-corrected chi connectivity index (χ2v) is 3.38. The average molecular weight is 222 g/mol. The summed E-state index contributed by atoms with van der Waals surface area (Å²) in [6, 6.07) is 3.54. The molecule has 0 aliphatic heterocycles. The number of aromatic amines is 1. The van der Waals surface area contributed by atoms with Crippen LogP contribution in [0.15, 0.2) is 27.4 Å². The van der Waals surface area contributed by atoms with Crippen LogP contribution in [0, 0.1) is 0 Å². The number of rotatable bonds is 3. The zero-order valence-corrected chi connectivity index (χ0v) is 8.27. The number of benzene rings is 1. The number of hydrogen-bond donors (Lipinski definition) is 3. The number of oxazole rings is 1. The molecular weight excluding hydrogens is 212 g/mol. The van der Waals surface area contributed by atoms with Gasteiger partial charge in [-0.1, -0.05) is 0 Å². The molecule has 1 heterocycles. The van der Waals surface area contributed by atoms with Crippen LogP contribution in [0.5, 0.6) is 0 Å². The van der Waals surface area contributed by atoms with Crippen molar-refractivity contribution in [3.05, 3.63) is 34.3 Å². The number of nitrogens with one attached hydrogen (secondary N) is 1. The Kier molecular flexibility index (Phi) is 2.59. The molecule has 0 fully saturated rings. The van der Waals surface area contributed by atoms with E-state index >= 15 is 0 Å². The van der Waals surface area contributed by atoms with E-state index in [1.54, 1.807) is 6.07 Å². The maximum Gasteiger partial charge on any atom is 0.417 e. The summed E-state index contributed by atoms with van der Waals surface area (Å²) in [5, 5.41) is 8.76. The first-order chi connectivity index (χ1) is 7.61. The zero-order chi connectivity index (χ0) is 11.7. The molecule has 1 aromatic heterocycles. The van der Waals surface area contributed by atoms with E-state index in [2.05, 4.69) is 4.98 Å². The van der Waals surface area contributed by atoms with Crippen LogP contribution >= 0.6 is 0 Å². The summed E-state index contributed by atoms with van der Waals surface area (Å²) in [5.74, 6) is -0.973. The summed E-state index contributed by atoms with van der Waals surface area (Å²) < 4.78 is 4.81. The third kappa shape index (κ3) is 1.75. The molecule has 6 nitrogen and oxygen atoms in total. The van der Waals surface area contributed by atoms with E-state index in [9.17, 15) is 9.59 Å². The molecule has 1 aromatic carbocycles. The molecule has 0 saturated carbocycles. The normalized spacial score (nSPS) is 12.9. The molecule has 0 radical (unpaired) electrons. The second kappa shape index (κ2) is 3.92. The van der Waals surface area contributed by atoms with Gasteiger partial charge in [0.15, 0.2) is 11.4 Å². The third-order valence-corrected chi connectivity index (χ3v) is 2.24. The van der Waals surface area contributed by atoms with Gasteiger partial charge in [0.1, 0.15) is 0 Å². The van der Waals surface area contributed by atoms with Gasteiger partial charge in [-0.25, -0.2) is 4.79 Å². The topological polar surface area (TPSA) is 109 Å². The van der Waals surface area contributed by atoms with Crippen LogP contribution in [0.25, 0.3) is 11.1 Å². The summed E-state index contributed by atoms with van der Waals surface area (Å²) in [6.07, 6.45) is 0. The number of carbonyl (C=O) groups is 1. The Bertz CT molecular complexity index is 584. The van der Waals surface area contributed by atoms with Gasteiger partial charge >= 0.3 is 5.76 Å². The lowest BCUT2D eigenvalue weighted by Gasteiger charge is -2.06. The van der Waals surface area contributed by atoms with Crippen molar-refractivity contribution >= 4 is 16.9 Å². The molecule has 0 bridgehead atoms. The summed E-state index contributed by atoms with van der Waals surface area (Å²) >= 11 is 0. The summed E-state index contributed by atoms with van der Waals surface area (Å²) in [6.45, 7) is -0.423. The van der Waals surface area contributed by atoms with Gasteiger partial charge in [0.2, 0.25) is 0 Å². The van der Waals surface area contributed by atoms with Crippen molar-refractivity contribution in [2.75, 3.05) is 6.61 Å². The molecule has 1 atom stereocenters. The highest BCUT2D eigenvalue weighted by Crippen LogP contribution is 2.13. The first-order valence-electron chi connectivity index (χ1n) is 4.65. The summed E-state index contributed by atoms with van der Waals surface area (Å²) in [5.41, 5.74) is 6.51. The highest BCUT2D eigenvalue weighted by atomic mass is 16.4. The number of nitrogens with two attached hydrogens (primary N) is 1. The standard InChI is InChI=1S/C10H10N2O4/c11-6(4-13)9(14)5-1-2-7-8(3-5)16-10(15)12-7/h1-3,6,13H,4,11H2,(H,12,15). The Morgan fingerprint density at radius 1 is 1.56 bits per heavy atom. The molecule has 0 saturated heterocycles. The number of fused-ring (bicyclic) bond motifs is 1. The molecule has 2 aromatic rings. The molecule has 6 heteroatoms. The molecule has 1 unspecified atom stereocenters. The number of aliphatic hydroxyl groups is 1. The molecule has 84 valence electrons. The van der Waals surface area contributed by atoms with Crippen LogP contribution < -0.4 is 11.5 Å². The molecule has 0 aliphatic carbocycles. The number of Topliss-reactive ketones (excluding diaryl/α,β-unsaturated/α-hetero) is 1. The van der Waals surface area contributed by atoms with Crippen molar-refractivity contribution in [3.8, 4) is 0 Å². The fraction of sp³-hybridized carbons (Fsp3) is 0.200. The van der Waals surface area contributed by atoms with Crippen LogP contribution in [-0.4, -0.2) is 28.5 Å². The average Bonchev–Trinajstić information content (AvgIpc) is 2.65. The molecule has 4 N–H and O–H groups in total. The van der Waals surface area contributed by atoms with Gasteiger partial charge in [-0.05, 0) is 18.2 Å². The maximum atomic E-state index is 11.6. The number of carbonyl (C=O) groups excluding carboxylic acids is 1. The fourth-order valence-electron chi connectivity index (χ4n) is 1.40. The Balaban J connectivity index is 2.46. The second-order valence-electron chi connectivity index (χ2n) is 3.38. The molecule has 0 aliphatic rings. The number of hydrogen-bond acceptors (Lipinski definition) is 5. The van der Waals surface area contributed by atoms with E-state index in [4.69, 9.17) is 15.3 Å². The maximum absolute atomic E-state index is 11.6. The minimum atomic E-state index is -0.955.